The predicted molar refractivity (Wildman–Crippen MR) is 86.8 cm³/mol. The van der Waals surface area contributed by atoms with E-state index in [-0.39, 0.29) is 0 Å². The van der Waals surface area contributed by atoms with Crippen molar-refractivity contribution in [2.45, 2.75) is 6.92 Å². The first kappa shape index (κ1) is 13.1. The fourth-order valence-electron chi connectivity index (χ4n) is 2.43. The van der Waals surface area contributed by atoms with E-state index in [1.165, 1.54) is 0 Å². The van der Waals surface area contributed by atoms with Crippen LogP contribution >= 0.6 is 11.6 Å². The summed E-state index contributed by atoms with van der Waals surface area (Å²) in [5, 5.41) is 0.698. The Kier molecular flexibility index (Phi) is 2.98. The molecular weight excluding hydrogens is 298 g/mol. The van der Waals surface area contributed by atoms with Gasteiger partial charge in [0, 0.05) is 16.1 Å². The molecule has 1 N–H and O–H groups in total. The maximum absolute atomic E-state index is 5.90. The van der Waals surface area contributed by atoms with Gasteiger partial charge in [0.15, 0.2) is 5.76 Å². The SMILES string of the molecule is Cc1nc2ccc(-c3ncc(-c4ccc(Cl)cc4)o3)cc2[nH]1. The van der Waals surface area contributed by atoms with Crippen molar-refractivity contribution in [1.82, 2.24) is 15.0 Å². The van der Waals surface area contributed by atoms with E-state index in [9.17, 15) is 0 Å². The Hall–Kier alpha value is -2.59. The van der Waals surface area contributed by atoms with Crippen molar-refractivity contribution >= 4 is 22.6 Å². The number of hydrogen-bond acceptors (Lipinski definition) is 3. The molecule has 4 aromatic rings. The summed E-state index contributed by atoms with van der Waals surface area (Å²) < 4.78 is 5.86. The molecule has 2 aromatic carbocycles. The zero-order chi connectivity index (χ0) is 15.1. The highest BCUT2D eigenvalue weighted by Gasteiger charge is 2.10. The van der Waals surface area contributed by atoms with Crippen molar-refractivity contribution in [3.05, 3.63) is 59.5 Å². The number of H-pyrrole nitrogens is 1. The van der Waals surface area contributed by atoms with Crippen molar-refractivity contribution in [1.29, 1.82) is 0 Å². The largest absolute Gasteiger partial charge is 0.436 e. The second-order valence-electron chi connectivity index (χ2n) is 5.09. The van der Waals surface area contributed by atoms with Crippen molar-refractivity contribution in [3.63, 3.8) is 0 Å². The van der Waals surface area contributed by atoms with E-state index in [1.807, 2.05) is 49.4 Å². The van der Waals surface area contributed by atoms with Crippen LogP contribution in [0.1, 0.15) is 5.82 Å². The number of fused-ring (bicyclic) bond motifs is 1. The van der Waals surface area contributed by atoms with E-state index in [0.717, 1.165) is 28.0 Å². The first-order chi connectivity index (χ1) is 10.7. The molecular formula is C17H12ClN3O. The van der Waals surface area contributed by atoms with Crippen LogP contribution in [0.3, 0.4) is 0 Å². The number of aromatic nitrogens is 3. The number of halogens is 1. The molecule has 2 aromatic heterocycles. The average Bonchev–Trinajstić information content (AvgIpc) is 3.12. The Morgan fingerprint density at radius 2 is 1.82 bits per heavy atom. The van der Waals surface area contributed by atoms with E-state index in [1.54, 1.807) is 6.20 Å². The highest BCUT2D eigenvalue weighted by atomic mass is 35.5. The normalized spacial score (nSPS) is 11.2. The molecule has 0 bridgehead atoms. The van der Waals surface area contributed by atoms with Crippen LogP contribution in [0.2, 0.25) is 5.02 Å². The average molecular weight is 310 g/mol. The molecule has 0 fully saturated rings. The van der Waals surface area contributed by atoms with Crippen LogP contribution in [-0.2, 0) is 0 Å². The predicted octanol–water partition coefficient (Wildman–Crippen LogP) is 4.85. The zero-order valence-electron chi connectivity index (χ0n) is 11.8. The minimum absolute atomic E-state index is 0.583. The third kappa shape index (κ3) is 2.27. The quantitative estimate of drug-likeness (QED) is 0.576. The number of oxazole rings is 1. The van der Waals surface area contributed by atoms with Gasteiger partial charge in [-0.05, 0) is 49.4 Å². The Morgan fingerprint density at radius 3 is 2.64 bits per heavy atom. The summed E-state index contributed by atoms with van der Waals surface area (Å²) in [6, 6.07) is 13.4. The first-order valence-corrected chi connectivity index (χ1v) is 7.25. The zero-order valence-corrected chi connectivity index (χ0v) is 12.6. The Labute approximate surface area is 131 Å². The molecule has 0 aliphatic rings. The molecule has 0 radical (unpaired) electrons. The monoisotopic (exact) mass is 309 g/mol. The van der Waals surface area contributed by atoms with Crippen LogP contribution < -0.4 is 0 Å². The van der Waals surface area contributed by atoms with Gasteiger partial charge in [0.05, 0.1) is 17.2 Å². The van der Waals surface area contributed by atoms with Gasteiger partial charge in [0.25, 0.3) is 0 Å². The number of hydrogen-bond donors (Lipinski definition) is 1. The summed E-state index contributed by atoms with van der Waals surface area (Å²) >= 11 is 5.90. The van der Waals surface area contributed by atoms with Gasteiger partial charge < -0.3 is 9.40 Å². The van der Waals surface area contributed by atoms with Crippen LogP contribution in [-0.4, -0.2) is 15.0 Å². The number of rotatable bonds is 2. The van der Waals surface area contributed by atoms with Crippen molar-refractivity contribution < 1.29 is 4.42 Å². The molecule has 108 valence electrons. The van der Waals surface area contributed by atoms with E-state index in [4.69, 9.17) is 16.0 Å². The molecule has 4 nitrogen and oxygen atoms in total. The molecule has 22 heavy (non-hydrogen) atoms. The minimum atomic E-state index is 0.583. The van der Waals surface area contributed by atoms with Gasteiger partial charge in [-0.3, -0.25) is 0 Å². The maximum atomic E-state index is 5.90. The van der Waals surface area contributed by atoms with Crippen molar-refractivity contribution in [2.75, 3.05) is 0 Å². The number of benzene rings is 2. The van der Waals surface area contributed by atoms with E-state index in [2.05, 4.69) is 15.0 Å². The van der Waals surface area contributed by atoms with Gasteiger partial charge in [0.2, 0.25) is 5.89 Å². The van der Waals surface area contributed by atoms with Crippen LogP contribution in [0, 0.1) is 6.92 Å². The summed E-state index contributed by atoms with van der Waals surface area (Å²) in [7, 11) is 0. The number of nitrogens with zero attached hydrogens (tertiary/aromatic N) is 2. The second kappa shape index (κ2) is 5.00. The molecule has 0 spiro atoms. The standard InChI is InChI=1S/C17H12ClN3O/c1-10-20-14-7-4-12(8-15(14)21-10)17-19-9-16(22-17)11-2-5-13(18)6-3-11/h2-9H,1H3,(H,20,21). The summed E-state index contributed by atoms with van der Waals surface area (Å²) in [5.41, 5.74) is 3.77. The maximum Gasteiger partial charge on any atom is 0.226 e. The molecule has 4 rings (SSSR count). The third-order valence-electron chi connectivity index (χ3n) is 3.48. The Morgan fingerprint density at radius 1 is 1.05 bits per heavy atom. The molecule has 0 amide bonds. The van der Waals surface area contributed by atoms with E-state index >= 15 is 0 Å². The van der Waals surface area contributed by atoms with E-state index < -0.39 is 0 Å². The highest BCUT2D eigenvalue weighted by molar-refractivity contribution is 6.30. The summed E-state index contributed by atoms with van der Waals surface area (Å²) in [6.07, 6.45) is 1.72. The first-order valence-electron chi connectivity index (χ1n) is 6.87. The number of imidazole rings is 1. The fraction of sp³-hybridized carbons (Fsp3) is 0.0588. The van der Waals surface area contributed by atoms with E-state index in [0.29, 0.717) is 16.7 Å². The Bertz CT molecular complexity index is 954. The molecule has 0 aliphatic carbocycles. The molecule has 0 saturated carbocycles. The van der Waals surface area contributed by atoms with Gasteiger partial charge in [-0.2, -0.15) is 0 Å². The third-order valence-corrected chi connectivity index (χ3v) is 3.73. The second-order valence-corrected chi connectivity index (χ2v) is 5.53. The molecule has 5 heteroatoms. The summed E-state index contributed by atoms with van der Waals surface area (Å²) in [6.45, 7) is 1.93. The Balaban J connectivity index is 1.74. The molecule has 0 atom stereocenters. The molecule has 2 heterocycles. The highest BCUT2D eigenvalue weighted by Crippen LogP contribution is 2.28. The topological polar surface area (TPSA) is 54.7 Å². The number of aryl methyl sites for hydroxylation is 1. The van der Waals surface area contributed by atoms with Crippen LogP contribution in [0.25, 0.3) is 33.8 Å². The molecule has 0 unspecified atom stereocenters. The van der Waals surface area contributed by atoms with Crippen LogP contribution in [0.5, 0.6) is 0 Å². The molecule has 0 aliphatic heterocycles. The van der Waals surface area contributed by atoms with Crippen LogP contribution in [0.4, 0.5) is 0 Å². The van der Waals surface area contributed by atoms with Crippen molar-refractivity contribution in [3.8, 4) is 22.8 Å². The molecule has 0 saturated heterocycles. The van der Waals surface area contributed by atoms with Gasteiger partial charge >= 0.3 is 0 Å². The smallest absolute Gasteiger partial charge is 0.226 e. The summed E-state index contributed by atoms with van der Waals surface area (Å²) in [5.74, 6) is 2.19. The van der Waals surface area contributed by atoms with Gasteiger partial charge in [-0.25, -0.2) is 9.97 Å². The lowest BCUT2D eigenvalue weighted by atomic mass is 10.2. The lowest BCUT2D eigenvalue weighted by Gasteiger charge is -1.97. The van der Waals surface area contributed by atoms with Gasteiger partial charge in [-0.1, -0.05) is 11.6 Å². The number of nitrogens with one attached hydrogen (secondary N) is 1. The summed E-state index contributed by atoms with van der Waals surface area (Å²) in [4.78, 5) is 12.0. The fourth-order valence-corrected chi connectivity index (χ4v) is 2.55. The lowest BCUT2D eigenvalue weighted by molar-refractivity contribution is 0.589. The van der Waals surface area contributed by atoms with Crippen LogP contribution in [0.15, 0.2) is 53.1 Å². The van der Waals surface area contributed by atoms with Gasteiger partial charge in [0.1, 0.15) is 5.82 Å². The lowest BCUT2D eigenvalue weighted by Crippen LogP contribution is -1.77. The van der Waals surface area contributed by atoms with Crippen molar-refractivity contribution in [2.24, 2.45) is 0 Å². The van der Waals surface area contributed by atoms with Gasteiger partial charge in [-0.15, -0.1) is 0 Å². The minimum Gasteiger partial charge on any atom is -0.436 e. The number of aromatic amines is 1.